The molecule has 0 bridgehead atoms. The number of nitrogens with two attached hydrogens (primary N) is 2. The van der Waals surface area contributed by atoms with Crippen molar-refractivity contribution in [1.29, 1.82) is 5.26 Å². The van der Waals surface area contributed by atoms with E-state index >= 15 is 0 Å². The average Bonchev–Trinajstić information content (AvgIpc) is 3.39. The van der Waals surface area contributed by atoms with Crippen molar-refractivity contribution in [2.45, 2.75) is 44.9 Å². The fourth-order valence-electron chi connectivity index (χ4n) is 4.73. The van der Waals surface area contributed by atoms with Gasteiger partial charge in [-0.15, -0.1) is 0 Å². The number of likely N-dealkylation sites (tertiary alicyclic amines) is 1. The largest absolute Gasteiger partial charge is 0.417 e. The number of nitrogens with zero attached hydrogens (tertiary/aromatic N) is 6. The third-order valence-electron chi connectivity index (χ3n) is 6.56. The molecule has 0 radical (unpaired) electrons. The van der Waals surface area contributed by atoms with E-state index in [-0.39, 0.29) is 41.1 Å². The summed E-state index contributed by atoms with van der Waals surface area (Å²) in [7, 11) is 0. The van der Waals surface area contributed by atoms with E-state index in [4.69, 9.17) is 11.5 Å². The Labute approximate surface area is 222 Å². The lowest BCUT2D eigenvalue weighted by molar-refractivity contribution is -0.137. The maximum Gasteiger partial charge on any atom is 0.417 e. The number of nitrogen functional groups attached to an aromatic ring is 1. The molecule has 13 heteroatoms. The van der Waals surface area contributed by atoms with Crippen molar-refractivity contribution >= 4 is 17.6 Å². The molecule has 2 aromatic heterocycles. The molecule has 1 aromatic carbocycles. The fraction of sp³-hybridized carbons (Fsp3) is 0.346. The first-order chi connectivity index (χ1) is 18.5. The van der Waals surface area contributed by atoms with E-state index in [0.717, 1.165) is 6.07 Å². The molecule has 1 aliphatic heterocycles. The fourth-order valence-corrected chi connectivity index (χ4v) is 4.73. The van der Waals surface area contributed by atoms with Crippen molar-refractivity contribution in [2.75, 3.05) is 18.8 Å². The molecule has 10 nitrogen and oxygen atoms in total. The maximum atomic E-state index is 13.3. The van der Waals surface area contributed by atoms with E-state index in [2.05, 4.69) is 22.0 Å². The molecule has 202 valence electrons. The normalized spacial score (nSPS) is 15.7. The predicted molar refractivity (Wildman–Crippen MR) is 135 cm³/mol. The van der Waals surface area contributed by atoms with Gasteiger partial charge in [-0.1, -0.05) is 18.1 Å². The molecule has 2 amide bonds. The third-order valence-corrected chi connectivity index (χ3v) is 6.56. The van der Waals surface area contributed by atoms with Gasteiger partial charge in [-0.05, 0) is 43.7 Å². The summed E-state index contributed by atoms with van der Waals surface area (Å²) in [5, 5.41) is 18.2. The number of amides is 2. The summed E-state index contributed by atoms with van der Waals surface area (Å²) < 4.78 is 42.9. The van der Waals surface area contributed by atoms with Gasteiger partial charge in [0, 0.05) is 24.8 Å². The highest BCUT2D eigenvalue weighted by atomic mass is 19.4. The number of benzene rings is 1. The van der Waals surface area contributed by atoms with E-state index in [0.29, 0.717) is 37.9 Å². The molecule has 3 aromatic rings. The van der Waals surface area contributed by atoms with Crippen LogP contribution in [0.5, 0.6) is 0 Å². The van der Waals surface area contributed by atoms with Crippen LogP contribution in [-0.4, -0.2) is 49.4 Å². The number of carbonyl (C=O) groups excluding carboxylic acids is 2. The zero-order valence-electron chi connectivity index (χ0n) is 21.0. The van der Waals surface area contributed by atoms with Crippen LogP contribution in [-0.2, 0) is 17.5 Å². The van der Waals surface area contributed by atoms with Gasteiger partial charge in [-0.3, -0.25) is 14.3 Å². The number of rotatable bonds is 5. The van der Waals surface area contributed by atoms with Crippen LogP contribution in [0.3, 0.4) is 0 Å². The first-order valence-electron chi connectivity index (χ1n) is 12.1. The van der Waals surface area contributed by atoms with Crippen LogP contribution >= 0.6 is 0 Å². The van der Waals surface area contributed by atoms with Crippen LogP contribution in [0.25, 0.3) is 11.3 Å². The molecule has 0 spiro atoms. The minimum Gasteiger partial charge on any atom is -0.383 e. The van der Waals surface area contributed by atoms with Gasteiger partial charge in [0.05, 0.1) is 29.9 Å². The highest BCUT2D eigenvalue weighted by molar-refractivity contribution is 6.03. The van der Waals surface area contributed by atoms with E-state index in [9.17, 15) is 28.0 Å². The van der Waals surface area contributed by atoms with Crippen molar-refractivity contribution in [1.82, 2.24) is 24.5 Å². The minimum absolute atomic E-state index is 0.000335. The Bertz CT molecular complexity index is 1520. The number of hydrogen-bond acceptors (Lipinski definition) is 6. The molecule has 0 unspecified atom stereocenters. The summed E-state index contributed by atoms with van der Waals surface area (Å²) >= 11 is 0. The van der Waals surface area contributed by atoms with Crippen molar-refractivity contribution in [2.24, 2.45) is 5.73 Å². The van der Waals surface area contributed by atoms with Crippen LogP contribution in [0.15, 0.2) is 30.6 Å². The molecule has 0 saturated carbocycles. The Morgan fingerprint density at radius 3 is 2.67 bits per heavy atom. The van der Waals surface area contributed by atoms with Gasteiger partial charge in [-0.2, -0.15) is 28.6 Å². The summed E-state index contributed by atoms with van der Waals surface area (Å²) in [5.74, 6) is 4.18. The highest BCUT2D eigenvalue weighted by Gasteiger charge is 2.34. The predicted octanol–water partition coefficient (Wildman–Crippen LogP) is 2.94. The number of nitriles is 1. The Kier molecular flexibility index (Phi) is 7.63. The second-order valence-corrected chi connectivity index (χ2v) is 9.05. The molecule has 4 rings (SSSR count). The van der Waals surface area contributed by atoms with Crippen molar-refractivity contribution in [3.8, 4) is 29.2 Å². The summed E-state index contributed by atoms with van der Waals surface area (Å²) in [4.78, 5) is 26.2. The molecule has 3 heterocycles. The molecule has 4 N–H and O–H groups in total. The van der Waals surface area contributed by atoms with Gasteiger partial charge >= 0.3 is 6.18 Å². The van der Waals surface area contributed by atoms with Gasteiger partial charge < -0.3 is 16.4 Å². The quantitative estimate of drug-likeness (QED) is 0.477. The minimum atomic E-state index is -4.68. The summed E-state index contributed by atoms with van der Waals surface area (Å²) in [6, 6.07) is 4.93. The van der Waals surface area contributed by atoms with E-state index in [1.165, 1.54) is 33.9 Å². The Morgan fingerprint density at radius 1 is 1.23 bits per heavy atom. The van der Waals surface area contributed by atoms with Gasteiger partial charge in [0.1, 0.15) is 23.1 Å². The van der Waals surface area contributed by atoms with Crippen LogP contribution in [0.2, 0.25) is 0 Å². The molecule has 0 aliphatic carbocycles. The number of hydrogen-bond donors (Lipinski definition) is 2. The number of primary amides is 1. The molecular weight excluding hydrogens is 513 g/mol. The van der Waals surface area contributed by atoms with Crippen LogP contribution < -0.4 is 11.5 Å². The Balaban J connectivity index is 1.64. The Hall–Kier alpha value is -4.78. The van der Waals surface area contributed by atoms with Crippen LogP contribution in [0.1, 0.15) is 59.3 Å². The lowest BCUT2D eigenvalue weighted by Gasteiger charge is -2.18. The summed E-state index contributed by atoms with van der Waals surface area (Å²) in [6.07, 6.45) is 0.0817. The van der Waals surface area contributed by atoms with Gasteiger partial charge in [0.15, 0.2) is 0 Å². The number of aromatic nitrogens is 4. The molecule has 1 aliphatic rings. The van der Waals surface area contributed by atoms with Gasteiger partial charge in [0.2, 0.25) is 0 Å². The van der Waals surface area contributed by atoms with Crippen molar-refractivity contribution < 1.29 is 22.8 Å². The molecular formula is C26H25F3N8O2. The lowest BCUT2D eigenvalue weighted by Crippen LogP contribution is -2.31. The topological polar surface area (TPSA) is 149 Å². The average molecular weight is 539 g/mol. The first kappa shape index (κ1) is 27.3. The standard InChI is InChI=1S/C26H25F3N8O2/c1-2-5-21(38)35-10-4-7-18(9-11-35)37-24(31)22(25(32)39)23(34-37)17-13-33-36(15-17)14-16-6-3-8-20(19(16)12-30)26(27,28)29/h3,6,8,13,15,18H,4,7,9-11,14,31H2,1H3,(H2,32,39)/t18-/m0/s1. The highest BCUT2D eigenvalue weighted by Crippen LogP contribution is 2.34. The Morgan fingerprint density at radius 2 is 2.00 bits per heavy atom. The molecule has 1 fully saturated rings. The van der Waals surface area contributed by atoms with E-state index in [1.807, 2.05) is 0 Å². The molecule has 1 atom stereocenters. The summed E-state index contributed by atoms with van der Waals surface area (Å²) in [6.45, 7) is 2.45. The first-order valence-corrected chi connectivity index (χ1v) is 12.1. The smallest absolute Gasteiger partial charge is 0.383 e. The monoisotopic (exact) mass is 538 g/mol. The van der Waals surface area contributed by atoms with Gasteiger partial charge in [-0.25, -0.2) is 4.68 Å². The second-order valence-electron chi connectivity index (χ2n) is 9.05. The second kappa shape index (κ2) is 10.9. The van der Waals surface area contributed by atoms with E-state index in [1.54, 1.807) is 17.9 Å². The lowest BCUT2D eigenvalue weighted by atomic mass is 10.0. The number of carbonyl (C=O) groups is 2. The van der Waals surface area contributed by atoms with Crippen LogP contribution in [0, 0.1) is 23.2 Å². The molecule has 39 heavy (non-hydrogen) atoms. The maximum absolute atomic E-state index is 13.3. The zero-order chi connectivity index (χ0) is 28.3. The van der Waals surface area contributed by atoms with E-state index < -0.39 is 23.2 Å². The van der Waals surface area contributed by atoms with Gasteiger partial charge in [0.25, 0.3) is 11.8 Å². The number of alkyl halides is 3. The number of halogens is 3. The van der Waals surface area contributed by atoms with Crippen LogP contribution in [0.4, 0.5) is 19.0 Å². The number of anilines is 1. The van der Waals surface area contributed by atoms with Crippen molar-refractivity contribution in [3.63, 3.8) is 0 Å². The molecule has 1 saturated heterocycles. The zero-order valence-corrected chi connectivity index (χ0v) is 21.0. The third kappa shape index (κ3) is 5.57. The SMILES string of the molecule is CC#CC(=O)N1CCC[C@H](n2nc(-c3cnn(Cc4cccc(C(F)(F)F)c4C#N)c3)c(C(N)=O)c2N)CC1. The summed E-state index contributed by atoms with van der Waals surface area (Å²) in [5.41, 5.74) is 11.1. The van der Waals surface area contributed by atoms with Crippen molar-refractivity contribution in [3.05, 3.63) is 52.8 Å².